The number of nitrogens with one attached hydrogen (secondary N) is 1. The third-order valence-electron chi connectivity index (χ3n) is 7.79. The number of benzene rings is 3. The second-order valence-corrected chi connectivity index (χ2v) is 12.5. The minimum atomic E-state index is -0.615. The van der Waals surface area contributed by atoms with Crippen LogP contribution < -0.4 is 5.32 Å². The van der Waals surface area contributed by atoms with Gasteiger partial charge in [0, 0.05) is 18.2 Å². The Hall–Kier alpha value is -5.18. The fourth-order valence-corrected chi connectivity index (χ4v) is 5.82. The van der Waals surface area contributed by atoms with E-state index >= 15 is 0 Å². The molecule has 12 heteroatoms. The van der Waals surface area contributed by atoms with Crippen LogP contribution in [0.3, 0.4) is 0 Å². The predicted molar refractivity (Wildman–Crippen MR) is 172 cm³/mol. The molecule has 5 aromatic rings. The van der Waals surface area contributed by atoms with E-state index in [2.05, 4.69) is 21.4 Å². The molecule has 3 aromatic carbocycles. The number of oxazole rings is 1. The van der Waals surface area contributed by atoms with Gasteiger partial charge in [-0.05, 0) is 68.7 Å². The fourth-order valence-electron chi connectivity index (χ4n) is 5.54. The number of carbonyl (C=O) groups excluding carboxylic acids is 2. The van der Waals surface area contributed by atoms with E-state index in [1.807, 2.05) is 52.0 Å². The maximum Gasteiger partial charge on any atom is 0.410 e. The van der Waals surface area contributed by atoms with Gasteiger partial charge in [0.25, 0.3) is 5.91 Å². The van der Waals surface area contributed by atoms with E-state index in [0.29, 0.717) is 55.6 Å². The van der Waals surface area contributed by atoms with Crippen molar-refractivity contribution >= 4 is 40.4 Å². The lowest BCUT2D eigenvalue weighted by atomic mass is 9.96. The van der Waals surface area contributed by atoms with E-state index in [0.717, 1.165) is 16.8 Å². The van der Waals surface area contributed by atoms with Gasteiger partial charge in [0.2, 0.25) is 5.89 Å². The molecule has 6 rings (SSSR count). The molecule has 0 atom stereocenters. The smallest absolute Gasteiger partial charge is 0.410 e. The fraction of sp³-hybridized carbons (Fsp3) is 0.265. The van der Waals surface area contributed by atoms with Crippen LogP contribution in [0, 0.1) is 18.3 Å². The first-order chi connectivity index (χ1) is 21.9. The summed E-state index contributed by atoms with van der Waals surface area (Å²) in [5.74, 6) is 0.0902. The zero-order chi connectivity index (χ0) is 32.9. The van der Waals surface area contributed by atoms with Gasteiger partial charge in [-0.15, -0.1) is 0 Å². The Morgan fingerprint density at radius 1 is 1.11 bits per heavy atom. The number of carbonyl (C=O) groups is 2. The van der Waals surface area contributed by atoms with Crippen molar-refractivity contribution in [1.82, 2.24) is 19.4 Å². The highest BCUT2D eigenvalue weighted by molar-refractivity contribution is 6.36. The number of aliphatic hydroxyl groups is 1. The third-order valence-corrected chi connectivity index (χ3v) is 8.19. The van der Waals surface area contributed by atoms with Crippen molar-refractivity contribution < 1.29 is 23.8 Å². The predicted octanol–water partition coefficient (Wildman–Crippen LogP) is 6.72. The second-order valence-electron chi connectivity index (χ2n) is 12.1. The van der Waals surface area contributed by atoms with Crippen LogP contribution in [0.15, 0.2) is 52.9 Å². The van der Waals surface area contributed by atoms with Crippen LogP contribution >= 0.6 is 11.6 Å². The summed E-state index contributed by atoms with van der Waals surface area (Å²) in [4.78, 5) is 36.7. The molecule has 0 saturated carbocycles. The van der Waals surface area contributed by atoms with Gasteiger partial charge in [-0.2, -0.15) is 5.26 Å². The van der Waals surface area contributed by atoms with Gasteiger partial charge in [-0.1, -0.05) is 35.9 Å². The average molecular weight is 639 g/mol. The third kappa shape index (κ3) is 5.57. The Morgan fingerprint density at radius 3 is 2.52 bits per heavy atom. The van der Waals surface area contributed by atoms with Crippen LogP contribution in [0.1, 0.15) is 59.5 Å². The summed E-state index contributed by atoms with van der Waals surface area (Å²) in [6.45, 7) is 7.66. The van der Waals surface area contributed by atoms with E-state index < -0.39 is 17.6 Å². The molecule has 234 valence electrons. The number of imidazole rings is 1. The number of hydrogen-bond acceptors (Lipinski definition) is 8. The van der Waals surface area contributed by atoms with Crippen molar-refractivity contribution in [2.75, 3.05) is 5.32 Å². The molecule has 11 nitrogen and oxygen atoms in total. The molecule has 0 aliphatic carbocycles. The maximum atomic E-state index is 13.4. The lowest BCUT2D eigenvalue weighted by Crippen LogP contribution is -2.34. The average Bonchev–Trinajstić information content (AvgIpc) is 3.71. The van der Waals surface area contributed by atoms with Crippen LogP contribution in [0.2, 0.25) is 5.02 Å². The van der Waals surface area contributed by atoms with Gasteiger partial charge >= 0.3 is 6.09 Å². The largest absolute Gasteiger partial charge is 0.444 e. The number of fused-ring (bicyclic) bond motifs is 2. The molecule has 0 unspecified atom stereocenters. The van der Waals surface area contributed by atoms with E-state index in [1.54, 1.807) is 40.8 Å². The molecular formula is C34H31ClN6O5. The standard InChI is InChI=1S/C34H31ClN6O5/c1-18-21(8-6-9-22(18)32-39-25-13-19(17-42)12-20(14-36)29(25)45-32)23-10-7-11-24(28(23)35)38-31(43)30-37-26-15-41(16-27(26)40(30)5)33(44)46-34(2,3)4/h6-13,42H,15-17H2,1-5H3,(H,38,43). The van der Waals surface area contributed by atoms with E-state index in [4.69, 9.17) is 20.8 Å². The first kappa shape index (κ1) is 30.8. The van der Waals surface area contributed by atoms with E-state index in [-0.39, 0.29) is 25.5 Å². The summed E-state index contributed by atoms with van der Waals surface area (Å²) in [6, 6.07) is 16.4. The Labute approximate surface area is 270 Å². The SMILES string of the molecule is Cc1c(-c2nc3cc(CO)cc(C#N)c3o2)cccc1-c1cccc(NC(=O)c2nc3c(n2C)CN(C(=O)OC(C)(C)C)C3)c1Cl. The normalized spacial score (nSPS) is 12.7. The maximum absolute atomic E-state index is 13.4. The summed E-state index contributed by atoms with van der Waals surface area (Å²) in [6.07, 6.45) is -0.432. The van der Waals surface area contributed by atoms with Gasteiger partial charge in [0.15, 0.2) is 11.4 Å². The molecule has 0 radical (unpaired) electrons. The molecule has 2 N–H and O–H groups in total. The van der Waals surface area contributed by atoms with Crippen LogP contribution in [0.5, 0.6) is 0 Å². The molecule has 1 aliphatic rings. The lowest BCUT2D eigenvalue weighted by Gasteiger charge is -2.24. The Balaban J connectivity index is 1.26. The van der Waals surface area contributed by atoms with Crippen molar-refractivity contribution in [2.45, 2.75) is 53.0 Å². The summed E-state index contributed by atoms with van der Waals surface area (Å²) in [7, 11) is 1.74. The highest BCUT2D eigenvalue weighted by Gasteiger charge is 2.33. The number of halogens is 1. The quantitative estimate of drug-likeness (QED) is 0.216. The monoisotopic (exact) mass is 638 g/mol. The number of anilines is 1. The number of nitriles is 1. The first-order valence-corrected chi connectivity index (χ1v) is 14.9. The summed E-state index contributed by atoms with van der Waals surface area (Å²) < 4.78 is 13.2. The molecule has 3 heterocycles. The van der Waals surface area contributed by atoms with Crippen molar-refractivity contribution in [3.05, 3.63) is 87.5 Å². The Bertz CT molecular complexity index is 2080. The number of hydrogen-bond donors (Lipinski definition) is 2. The van der Waals surface area contributed by atoms with Gasteiger partial charge in [0.1, 0.15) is 17.2 Å². The molecule has 0 bridgehead atoms. The van der Waals surface area contributed by atoms with E-state index in [1.165, 1.54) is 0 Å². The molecule has 46 heavy (non-hydrogen) atoms. The number of rotatable bonds is 5. The van der Waals surface area contributed by atoms with Gasteiger partial charge in [-0.3, -0.25) is 9.69 Å². The van der Waals surface area contributed by atoms with Crippen molar-refractivity contribution in [3.63, 3.8) is 0 Å². The lowest BCUT2D eigenvalue weighted by molar-refractivity contribution is 0.0237. The second kappa shape index (κ2) is 11.6. The Kier molecular flexibility index (Phi) is 7.80. The van der Waals surface area contributed by atoms with Crippen LogP contribution in [-0.2, 0) is 31.5 Å². The summed E-state index contributed by atoms with van der Waals surface area (Å²) in [5, 5.41) is 22.4. The van der Waals surface area contributed by atoms with Crippen LogP contribution in [0.4, 0.5) is 10.5 Å². The number of nitrogens with zero attached hydrogens (tertiary/aromatic N) is 5. The highest BCUT2D eigenvalue weighted by Crippen LogP contribution is 2.39. The van der Waals surface area contributed by atoms with Crippen molar-refractivity contribution in [2.24, 2.45) is 7.05 Å². The number of aromatic nitrogens is 3. The van der Waals surface area contributed by atoms with E-state index in [9.17, 15) is 20.0 Å². The molecule has 2 amide bonds. The number of aliphatic hydroxyl groups excluding tert-OH is 1. The van der Waals surface area contributed by atoms with Crippen LogP contribution in [0.25, 0.3) is 33.7 Å². The van der Waals surface area contributed by atoms with Crippen molar-refractivity contribution in [1.29, 1.82) is 5.26 Å². The number of ether oxygens (including phenoxy) is 1. The molecule has 0 fully saturated rings. The zero-order valence-electron chi connectivity index (χ0n) is 25.9. The first-order valence-electron chi connectivity index (χ1n) is 14.6. The summed E-state index contributed by atoms with van der Waals surface area (Å²) >= 11 is 6.91. The molecule has 0 spiro atoms. The van der Waals surface area contributed by atoms with Crippen LogP contribution in [-0.4, -0.2) is 42.1 Å². The minimum Gasteiger partial charge on any atom is -0.444 e. The summed E-state index contributed by atoms with van der Waals surface area (Å²) in [5.41, 5.74) is 5.89. The zero-order valence-corrected chi connectivity index (χ0v) is 26.7. The molecular weight excluding hydrogens is 608 g/mol. The molecule has 0 saturated heterocycles. The van der Waals surface area contributed by atoms with Crippen molar-refractivity contribution in [3.8, 4) is 28.7 Å². The van der Waals surface area contributed by atoms with Gasteiger partial charge < -0.3 is 24.1 Å². The van der Waals surface area contributed by atoms with Gasteiger partial charge in [0.05, 0.1) is 47.4 Å². The topological polar surface area (TPSA) is 147 Å². The molecule has 2 aromatic heterocycles. The minimum absolute atomic E-state index is 0.200. The highest BCUT2D eigenvalue weighted by atomic mass is 35.5. The number of amides is 2. The molecule has 1 aliphatic heterocycles. The Morgan fingerprint density at radius 2 is 1.83 bits per heavy atom. The van der Waals surface area contributed by atoms with Gasteiger partial charge in [-0.25, -0.2) is 14.8 Å².